The lowest BCUT2D eigenvalue weighted by atomic mass is 9.78. The third-order valence-corrected chi connectivity index (χ3v) is 5.02. The van der Waals surface area contributed by atoms with E-state index < -0.39 is 0 Å². The van der Waals surface area contributed by atoms with Crippen LogP contribution >= 0.6 is 0 Å². The minimum absolute atomic E-state index is 0.0919. The Balaban J connectivity index is 1.76. The van der Waals surface area contributed by atoms with Crippen LogP contribution in [0.5, 0.6) is 5.75 Å². The minimum Gasteiger partial charge on any atom is -0.482 e. The predicted molar refractivity (Wildman–Crippen MR) is 102 cm³/mol. The van der Waals surface area contributed by atoms with Crippen LogP contribution < -0.4 is 10.2 Å². The first-order valence-corrected chi connectivity index (χ1v) is 8.89. The highest BCUT2D eigenvalue weighted by molar-refractivity contribution is 6.62. The number of hydrogen-bond donors (Lipinski definition) is 0. The maximum Gasteiger partial charge on any atom is 0.494 e. The summed E-state index contributed by atoms with van der Waals surface area (Å²) in [7, 11) is -0.385. The van der Waals surface area contributed by atoms with Gasteiger partial charge in [-0.2, -0.15) is 0 Å². The average molecular weight is 356 g/mol. The SMILES string of the molecule is CCOC(=O)COc1ccc2cc(B3OC(C)(C)C(C)(C)O3)ccc2c1. The zero-order valence-electron chi connectivity index (χ0n) is 16.0. The molecule has 0 unspecified atom stereocenters. The smallest absolute Gasteiger partial charge is 0.482 e. The zero-order valence-corrected chi connectivity index (χ0v) is 16.0. The lowest BCUT2D eigenvalue weighted by Gasteiger charge is -2.32. The van der Waals surface area contributed by atoms with E-state index in [1.54, 1.807) is 6.92 Å². The third-order valence-electron chi connectivity index (χ3n) is 5.02. The van der Waals surface area contributed by atoms with Gasteiger partial charge in [-0.3, -0.25) is 0 Å². The monoisotopic (exact) mass is 356 g/mol. The number of rotatable bonds is 5. The van der Waals surface area contributed by atoms with Gasteiger partial charge in [0.15, 0.2) is 6.61 Å². The molecule has 0 bridgehead atoms. The van der Waals surface area contributed by atoms with E-state index in [1.165, 1.54) is 0 Å². The summed E-state index contributed by atoms with van der Waals surface area (Å²) >= 11 is 0. The summed E-state index contributed by atoms with van der Waals surface area (Å²) in [5.41, 5.74) is 0.255. The van der Waals surface area contributed by atoms with Crippen molar-refractivity contribution in [2.75, 3.05) is 13.2 Å². The van der Waals surface area contributed by atoms with Crippen LogP contribution in [-0.2, 0) is 18.8 Å². The van der Waals surface area contributed by atoms with Gasteiger partial charge in [0.25, 0.3) is 0 Å². The van der Waals surface area contributed by atoms with Crippen molar-refractivity contribution in [2.45, 2.75) is 45.8 Å². The Morgan fingerprint density at radius 1 is 1.00 bits per heavy atom. The fourth-order valence-corrected chi connectivity index (χ4v) is 2.80. The molecule has 1 heterocycles. The quantitative estimate of drug-likeness (QED) is 0.609. The van der Waals surface area contributed by atoms with Gasteiger partial charge in [-0.05, 0) is 63.0 Å². The van der Waals surface area contributed by atoms with Crippen molar-refractivity contribution in [1.82, 2.24) is 0 Å². The van der Waals surface area contributed by atoms with Crippen LogP contribution in [0.4, 0.5) is 0 Å². The Bertz CT molecular complexity index is 799. The molecule has 0 saturated carbocycles. The molecule has 3 rings (SSSR count). The van der Waals surface area contributed by atoms with Crippen molar-refractivity contribution in [3.05, 3.63) is 36.4 Å². The minimum atomic E-state index is -0.385. The first kappa shape index (κ1) is 18.7. The number of hydrogen-bond acceptors (Lipinski definition) is 5. The predicted octanol–water partition coefficient (Wildman–Crippen LogP) is 3.08. The van der Waals surface area contributed by atoms with Crippen LogP contribution in [-0.4, -0.2) is 37.5 Å². The van der Waals surface area contributed by atoms with Gasteiger partial charge in [-0.15, -0.1) is 0 Å². The molecule has 0 atom stereocenters. The second kappa shape index (κ2) is 6.93. The van der Waals surface area contributed by atoms with Crippen molar-refractivity contribution in [3.8, 4) is 5.75 Å². The molecule has 1 saturated heterocycles. The molecule has 1 aliphatic heterocycles. The highest BCUT2D eigenvalue weighted by Gasteiger charge is 2.51. The van der Waals surface area contributed by atoms with Crippen LogP contribution in [0, 0.1) is 0 Å². The summed E-state index contributed by atoms with van der Waals surface area (Å²) in [4.78, 5) is 11.4. The number of carbonyl (C=O) groups excluding carboxylic acids is 1. The largest absolute Gasteiger partial charge is 0.494 e. The first-order chi connectivity index (χ1) is 12.2. The number of esters is 1. The van der Waals surface area contributed by atoms with Crippen molar-refractivity contribution < 1.29 is 23.6 Å². The lowest BCUT2D eigenvalue weighted by Crippen LogP contribution is -2.41. The Morgan fingerprint density at radius 3 is 2.27 bits per heavy atom. The van der Waals surface area contributed by atoms with Crippen molar-refractivity contribution in [1.29, 1.82) is 0 Å². The van der Waals surface area contributed by atoms with Gasteiger partial charge in [-0.1, -0.05) is 24.3 Å². The van der Waals surface area contributed by atoms with Gasteiger partial charge in [0.05, 0.1) is 17.8 Å². The van der Waals surface area contributed by atoms with Crippen LogP contribution in [0.2, 0.25) is 0 Å². The van der Waals surface area contributed by atoms with Gasteiger partial charge in [0.2, 0.25) is 0 Å². The van der Waals surface area contributed by atoms with Crippen molar-refractivity contribution >= 4 is 29.3 Å². The highest BCUT2D eigenvalue weighted by atomic mass is 16.7. The average Bonchev–Trinajstić information content (AvgIpc) is 2.80. The molecule has 0 spiro atoms. The Kier molecular flexibility index (Phi) is 4.99. The van der Waals surface area contributed by atoms with Gasteiger partial charge in [-0.25, -0.2) is 4.79 Å². The number of carbonyl (C=O) groups is 1. The molecule has 1 fully saturated rings. The van der Waals surface area contributed by atoms with Crippen LogP contribution in [0.15, 0.2) is 36.4 Å². The van der Waals surface area contributed by atoms with E-state index >= 15 is 0 Å². The molecule has 138 valence electrons. The molecular weight excluding hydrogens is 331 g/mol. The van der Waals surface area contributed by atoms with E-state index in [1.807, 2.05) is 58.0 Å². The third kappa shape index (κ3) is 3.71. The molecule has 1 aliphatic rings. The van der Waals surface area contributed by atoms with Crippen LogP contribution in [0.3, 0.4) is 0 Å². The highest BCUT2D eigenvalue weighted by Crippen LogP contribution is 2.36. The summed E-state index contributed by atoms with van der Waals surface area (Å²) in [5.74, 6) is 0.262. The topological polar surface area (TPSA) is 54.0 Å². The molecule has 5 nitrogen and oxygen atoms in total. The fourth-order valence-electron chi connectivity index (χ4n) is 2.80. The van der Waals surface area contributed by atoms with Gasteiger partial charge < -0.3 is 18.8 Å². The van der Waals surface area contributed by atoms with Gasteiger partial charge in [0.1, 0.15) is 5.75 Å². The standard InChI is InChI=1S/C20H25BO5/c1-6-23-18(22)13-24-17-10-8-14-11-16(9-7-15(14)12-17)21-25-19(2,3)20(4,5)26-21/h7-12H,6,13H2,1-5H3. The number of benzene rings is 2. The summed E-state index contributed by atoms with van der Waals surface area (Å²) in [6.45, 7) is 10.2. The van der Waals surface area contributed by atoms with Crippen molar-refractivity contribution in [3.63, 3.8) is 0 Å². The summed E-state index contributed by atoms with van der Waals surface area (Å²) < 4.78 is 22.6. The number of ether oxygens (including phenoxy) is 2. The molecule has 0 aliphatic carbocycles. The van der Waals surface area contributed by atoms with Crippen LogP contribution in [0.1, 0.15) is 34.6 Å². The van der Waals surface area contributed by atoms with E-state index in [0.29, 0.717) is 12.4 Å². The van der Waals surface area contributed by atoms with E-state index in [4.69, 9.17) is 18.8 Å². The Labute approximate surface area is 154 Å². The lowest BCUT2D eigenvalue weighted by molar-refractivity contribution is -0.145. The Morgan fingerprint density at radius 2 is 1.62 bits per heavy atom. The molecule has 0 radical (unpaired) electrons. The van der Waals surface area contributed by atoms with E-state index in [-0.39, 0.29) is 30.9 Å². The molecule has 6 heteroatoms. The van der Waals surface area contributed by atoms with E-state index in [2.05, 4.69) is 6.07 Å². The molecular formula is C20H25BO5. The zero-order chi connectivity index (χ0) is 18.9. The van der Waals surface area contributed by atoms with E-state index in [0.717, 1.165) is 16.2 Å². The maximum absolute atomic E-state index is 11.4. The number of fused-ring (bicyclic) bond motifs is 1. The molecule has 2 aromatic rings. The summed E-state index contributed by atoms with van der Waals surface area (Å²) in [6, 6.07) is 11.8. The van der Waals surface area contributed by atoms with Gasteiger partial charge >= 0.3 is 13.1 Å². The fraction of sp³-hybridized carbons (Fsp3) is 0.450. The van der Waals surface area contributed by atoms with E-state index in [9.17, 15) is 4.79 Å². The molecule has 0 aromatic heterocycles. The Hall–Kier alpha value is -2.05. The molecule has 2 aromatic carbocycles. The summed E-state index contributed by atoms with van der Waals surface area (Å²) in [6.07, 6.45) is 0. The second-order valence-corrected chi connectivity index (χ2v) is 7.45. The van der Waals surface area contributed by atoms with Crippen molar-refractivity contribution in [2.24, 2.45) is 0 Å². The summed E-state index contributed by atoms with van der Waals surface area (Å²) in [5, 5.41) is 2.08. The molecule has 0 N–H and O–H groups in total. The first-order valence-electron chi connectivity index (χ1n) is 8.89. The maximum atomic E-state index is 11.4. The molecule has 26 heavy (non-hydrogen) atoms. The second-order valence-electron chi connectivity index (χ2n) is 7.45. The normalized spacial score (nSPS) is 18.1. The molecule has 0 amide bonds. The van der Waals surface area contributed by atoms with Crippen LogP contribution in [0.25, 0.3) is 10.8 Å². The van der Waals surface area contributed by atoms with Gasteiger partial charge in [0, 0.05) is 0 Å².